The van der Waals surface area contributed by atoms with E-state index in [1.165, 1.54) is 24.3 Å². The summed E-state index contributed by atoms with van der Waals surface area (Å²) >= 11 is 0. The maximum atomic E-state index is 13.9. The number of hydrogen-bond acceptors (Lipinski definition) is 2. The van der Waals surface area contributed by atoms with E-state index < -0.39 is 26.1 Å². The van der Waals surface area contributed by atoms with Crippen LogP contribution >= 0.6 is 0 Å². The van der Waals surface area contributed by atoms with Crippen LogP contribution in [0, 0.1) is 5.82 Å². The van der Waals surface area contributed by atoms with Gasteiger partial charge in [0, 0.05) is 5.56 Å². The Hall–Kier alpha value is -1.23. The highest BCUT2D eigenvalue weighted by molar-refractivity contribution is 7.95. The van der Waals surface area contributed by atoms with Gasteiger partial charge in [0.25, 0.3) is 0 Å². The van der Waals surface area contributed by atoms with Crippen molar-refractivity contribution in [1.29, 1.82) is 0 Å². The van der Waals surface area contributed by atoms with Crippen LogP contribution in [0.5, 0.6) is 0 Å². The SMILES string of the molecule is O=S(=O)(/C(F)=C/c1ccccc1F)C1CCCCC1. The molecule has 1 saturated carbocycles. The van der Waals surface area contributed by atoms with Crippen molar-refractivity contribution >= 4 is 15.9 Å². The average Bonchev–Trinajstić information content (AvgIpc) is 2.42. The van der Waals surface area contributed by atoms with Gasteiger partial charge < -0.3 is 0 Å². The van der Waals surface area contributed by atoms with Gasteiger partial charge in [-0.15, -0.1) is 0 Å². The van der Waals surface area contributed by atoms with Crippen LogP contribution in [0.4, 0.5) is 8.78 Å². The Morgan fingerprint density at radius 2 is 1.79 bits per heavy atom. The standard InChI is InChI=1S/C14H16F2O2S/c15-13-9-5-4-6-11(13)10-14(16)19(17,18)12-7-2-1-3-8-12/h4-6,9-10,12H,1-3,7-8H2/b14-10+. The highest BCUT2D eigenvalue weighted by Crippen LogP contribution is 2.29. The highest BCUT2D eigenvalue weighted by Gasteiger charge is 2.31. The Balaban J connectivity index is 2.27. The first kappa shape index (κ1) is 14.2. The van der Waals surface area contributed by atoms with E-state index in [1.54, 1.807) is 0 Å². The molecule has 0 heterocycles. The molecule has 2 rings (SSSR count). The van der Waals surface area contributed by atoms with Crippen LogP contribution in [0.1, 0.15) is 37.7 Å². The molecule has 2 nitrogen and oxygen atoms in total. The fraction of sp³-hybridized carbons (Fsp3) is 0.429. The number of hydrogen-bond donors (Lipinski definition) is 0. The summed E-state index contributed by atoms with van der Waals surface area (Å²) in [6.45, 7) is 0. The highest BCUT2D eigenvalue weighted by atomic mass is 32.2. The second kappa shape index (κ2) is 5.82. The number of benzene rings is 1. The van der Waals surface area contributed by atoms with Gasteiger partial charge in [0.15, 0.2) is 0 Å². The molecule has 0 aromatic heterocycles. The third kappa shape index (κ3) is 3.21. The number of rotatable bonds is 3. The Labute approximate surface area is 112 Å². The minimum atomic E-state index is -3.95. The van der Waals surface area contributed by atoms with Crippen LogP contribution in [-0.4, -0.2) is 13.7 Å². The van der Waals surface area contributed by atoms with Crippen LogP contribution in [0.25, 0.3) is 6.08 Å². The minimum Gasteiger partial charge on any atom is -0.221 e. The Kier molecular flexibility index (Phi) is 4.34. The summed E-state index contributed by atoms with van der Waals surface area (Å²) in [7, 11) is -3.95. The summed E-state index contributed by atoms with van der Waals surface area (Å²) in [4.78, 5) is 0. The van der Waals surface area contributed by atoms with Gasteiger partial charge in [0.1, 0.15) is 5.82 Å². The average molecular weight is 286 g/mol. The second-order valence-corrected chi connectivity index (χ2v) is 6.92. The van der Waals surface area contributed by atoms with E-state index in [-0.39, 0.29) is 5.56 Å². The zero-order valence-corrected chi connectivity index (χ0v) is 11.3. The lowest BCUT2D eigenvalue weighted by Crippen LogP contribution is -2.24. The summed E-state index contributed by atoms with van der Waals surface area (Å²) in [5.41, 5.74) is -0.0422. The first-order valence-corrected chi connectivity index (χ1v) is 7.92. The topological polar surface area (TPSA) is 34.1 Å². The van der Waals surface area contributed by atoms with Crippen LogP contribution in [0.15, 0.2) is 29.4 Å². The van der Waals surface area contributed by atoms with Gasteiger partial charge in [0.2, 0.25) is 15.0 Å². The van der Waals surface area contributed by atoms with E-state index in [1.807, 2.05) is 0 Å². The van der Waals surface area contributed by atoms with E-state index in [0.717, 1.165) is 25.3 Å². The van der Waals surface area contributed by atoms with Crippen molar-refractivity contribution in [2.45, 2.75) is 37.4 Å². The fourth-order valence-corrected chi connectivity index (χ4v) is 3.89. The molecule has 19 heavy (non-hydrogen) atoms. The van der Waals surface area contributed by atoms with Gasteiger partial charge in [-0.05, 0) is 25.0 Å². The molecule has 0 saturated heterocycles. The summed E-state index contributed by atoms with van der Waals surface area (Å²) in [5.74, 6) is -0.628. The van der Waals surface area contributed by atoms with Crippen molar-refractivity contribution in [1.82, 2.24) is 0 Å². The zero-order valence-electron chi connectivity index (χ0n) is 10.5. The molecule has 0 unspecified atom stereocenters. The molecule has 1 aliphatic rings. The normalized spacial score (nSPS) is 18.5. The molecule has 0 aliphatic heterocycles. The second-order valence-electron chi connectivity index (χ2n) is 4.77. The van der Waals surface area contributed by atoms with Crippen molar-refractivity contribution in [3.63, 3.8) is 0 Å². The predicted octanol–water partition coefficient (Wildman–Crippen LogP) is 3.84. The van der Waals surface area contributed by atoms with Gasteiger partial charge in [0.05, 0.1) is 5.25 Å². The molecule has 1 fully saturated rings. The summed E-state index contributed by atoms with van der Waals surface area (Å²) in [6.07, 6.45) is 4.35. The largest absolute Gasteiger partial charge is 0.221 e. The van der Waals surface area contributed by atoms with Crippen LogP contribution < -0.4 is 0 Å². The lowest BCUT2D eigenvalue weighted by atomic mass is 10.0. The smallest absolute Gasteiger partial charge is 0.215 e. The van der Waals surface area contributed by atoms with E-state index in [2.05, 4.69) is 0 Å². The Morgan fingerprint density at radius 1 is 1.16 bits per heavy atom. The number of sulfone groups is 1. The van der Waals surface area contributed by atoms with E-state index >= 15 is 0 Å². The van der Waals surface area contributed by atoms with Crippen molar-refractivity contribution in [3.05, 3.63) is 40.8 Å². The summed E-state index contributed by atoms with van der Waals surface area (Å²) in [6, 6.07) is 5.53. The van der Waals surface area contributed by atoms with E-state index in [0.29, 0.717) is 12.8 Å². The number of halogens is 2. The zero-order chi connectivity index (χ0) is 13.9. The first-order chi connectivity index (χ1) is 9.01. The monoisotopic (exact) mass is 286 g/mol. The van der Waals surface area contributed by atoms with Crippen LogP contribution in [0.3, 0.4) is 0 Å². The molecule has 0 bridgehead atoms. The minimum absolute atomic E-state index is 0.0422. The Bertz CT molecular complexity index is 573. The lowest BCUT2D eigenvalue weighted by Gasteiger charge is -2.20. The molecule has 1 aromatic carbocycles. The third-order valence-electron chi connectivity index (χ3n) is 3.44. The molecule has 5 heteroatoms. The van der Waals surface area contributed by atoms with Gasteiger partial charge in [-0.3, -0.25) is 0 Å². The molecule has 0 spiro atoms. The predicted molar refractivity (Wildman–Crippen MR) is 71.3 cm³/mol. The van der Waals surface area contributed by atoms with Gasteiger partial charge in [-0.1, -0.05) is 37.5 Å². The molecule has 1 aromatic rings. The van der Waals surface area contributed by atoms with Crippen molar-refractivity contribution in [3.8, 4) is 0 Å². The quantitative estimate of drug-likeness (QED) is 0.846. The fourth-order valence-electron chi connectivity index (χ4n) is 2.33. The molecule has 0 atom stereocenters. The van der Waals surface area contributed by atoms with Gasteiger partial charge in [-0.25, -0.2) is 12.8 Å². The first-order valence-electron chi connectivity index (χ1n) is 6.37. The van der Waals surface area contributed by atoms with Crippen molar-refractivity contribution < 1.29 is 17.2 Å². The molecule has 0 amide bonds. The van der Waals surface area contributed by atoms with Gasteiger partial charge >= 0.3 is 0 Å². The summed E-state index contributed by atoms with van der Waals surface area (Å²) < 4.78 is 51.4. The van der Waals surface area contributed by atoms with Crippen LogP contribution in [-0.2, 0) is 9.84 Å². The van der Waals surface area contributed by atoms with E-state index in [4.69, 9.17) is 0 Å². The lowest BCUT2D eigenvalue weighted by molar-refractivity contribution is 0.480. The van der Waals surface area contributed by atoms with E-state index in [9.17, 15) is 17.2 Å². The molecule has 0 radical (unpaired) electrons. The summed E-state index contributed by atoms with van der Waals surface area (Å²) in [5, 5.41) is -1.89. The Morgan fingerprint density at radius 3 is 2.42 bits per heavy atom. The molecule has 104 valence electrons. The molecular formula is C14H16F2O2S. The molecule has 1 aliphatic carbocycles. The maximum Gasteiger partial charge on any atom is 0.215 e. The van der Waals surface area contributed by atoms with Gasteiger partial charge in [-0.2, -0.15) is 4.39 Å². The van der Waals surface area contributed by atoms with Crippen LogP contribution in [0.2, 0.25) is 0 Å². The van der Waals surface area contributed by atoms with Crippen molar-refractivity contribution in [2.75, 3.05) is 0 Å². The molecule has 0 N–H and O–H groups in total. The third-order valence-corrected chi connectivity index (χ3v) is 5.45. The molecular weight excluding hydrogens is 270 g/mol. The maximum absolute atomic E-state index is 13.9. The van der Waals surface area contributed by atoms with Crippen molar-refractivity contribution in [2.24, 2.45) is 0 Å².